The molecule has 4 aromatic rings. The van der Waals surface area contributed by atoms with Gasteiger partial charge in [-0.05, 0) is 65.6 Å². The molecule has 4 aromatic carbocycles. The molecule has 236 valence electrons. The summed E-state index contributed by atoms with van der Waals surface area (Å²) in [7, 11) is -2.71. The molecule has 2 amide bonds. The largest absolute Gasteiger partial charge is 0.497 e. The van der Waals surface area contributed by atoms with E-state index in [0.29, 0.717) is 17.9 Å². The predicted molar refractivity (Wildman–Crippen MR) is 173 cm³/mol. The molecule has 4 rings (SSSR count). The molecular formula is C35H38FN3O5S. The predicted octanol–water partition coefficient (Wildman–Crippen LogP) is 5.44. The second-order valence-electron chi connectivity index (χ2n) is 11.0. The quantitative estimate of drug-likeness (QED) is 0.200. The fourth-order valence-electron chi connectivity index (χ4n) is 4.76. The number of sulfonamides is 1. The smallest absolute Gasteiger partial charge is 0.264 e. The summed E-state index contributed by atoms with van der Waals surface area (Å²) in [5.41, 5.74) is 1.66. The Morgan fingerprint density at radius 2 is 1.42 bits per heavy atom. The topological polar surface area (TPSA) is 96.0 Å². The maximum absolute atomic E-state index is 14.4. The van der Waals surface area contributed by atoms with Crippen LogP contribution in [-0.2, 0) is 32.6 Å². The van der Waals surface area contributed by atoms with Gasteiger partial charge in [0.1, 0.15) is 24.2 Å². The average molecular weight is 632 g/mol. The van der Waals surface area contributed by atoms with Gasteiger partial charge in [-0.2, -0.15) is 0 Å². The second kappa shape index (κ2) is 15.3. The summed E-state index contributed by atoms with van der Waals surface area (Å²) in [4.78, 5) is 29.6. The van der Waals surface area contributed by atoms with E-state index in [1.807, 2.05) is 44.2 Å². The van der Waals surface area contributed by atoms with Gasteiger partial charge >= 0.3 is 0 Å². The van der Waals surface area contributed by atoms with E-state index >= 15 is 0 Å². The minimum absolute atomic E-state index is 0.00853. The van der Waals surface area contributed by atoms with Crippen LogP contribution < -0.4 is 14.4 Å². The highest BCUT2D eigenvalue weighted by Gasteiger charge is 2.34. The molecule has 10 heteroatoms. The minimum Gasteiger partial charge on any atom is -0.497 e. The van der Waals surface area contributed by atoms with Crippen molar-refractivity contribution in [2.24, 2.45) is 5.92 Å². The summed E-state index contributed by atoms with van der Waals surface area (Å²) >= 11 is 0. The summed E-state index contributed by atoms with van der Waals surface area (Å²) in [5.74, 6) is -0.731. The second-order valence-corrected chi connectivity index (χ2v) is 12.9. The Balaban J connectivity index is 1.78. The number of amides is 2. The summed E-state index contributed by atoms with van der Waals surface area (Å²) < 4.78 is 48.1. The van der Waals surface area contributed by atoms with Gasteiger partial charge in [-0.25, -0.2) is 12.8 Å². The van der Waals surface area contributed by atoms with E-state index in [-0.39, 0.29) is 35.4 Å². The molecule has 0 aliphatic rings. The summed E-state index contributed by atoms with van der Waals surface area (Å²) in [6.07, 6.45) is 0.186. The molecule has 1 N–H and O–H groups in total. The number of benzene rings is 4. The first kappa shape index (κ1) is 33.2. The third kappa shape index (κ3) is 8.92. The Hall–Kier alpha value is -4.70. The highest BCUT2D eigenvalue weighted by Crippen LogP contribution is 2.27. The van der Waals surface area contributed by atoms with Crippen LogP contribution in [0.5, 0.6) is 5.75 Å². The number of hydrogen-bond acceptors (Lipinski definition) is 5. The van der Waals surface area contributed by atoms with E-state index in [9.17, 15) is 22.4 Å². The van der Waals surface area contributed by atoms with Crippen LogP contribution in [0.1, 0.15) is 25.0 Å². The third-order valence-corrected chi connectivity index (χ3v) is 8.98. The van der Waals surface area contributed by atoms with Crippen LogP contribution in [-0.4, -0.2) is 51.4 Å². The van der Waals surface area contributed by atoms with Gasteiger partial charge in [0.2, 0.25) is 11.8 Å². The van der Waals surface area contributed by atoms with Crippen LogP contribution in [0.3, 0.4) is 0 Å². The number of hydrogen-bond donors (Lipinski definition) is 1. The molecule has 0 aliphatic carbocycles. The lowest BCUT2D eigenvalue weighted by atomic mass is 10.0. The van der Waals surface area contributed by atoms with E-state index in [1.165, 1.54) is 36.3 Å². The maximum atomic E-state index is 14.4. The number of nitrogens with one attached hydrogen (secondary N) is 1. The van der Waals surface area contributed by atoms with Crippen molar-refractivity contribution in [1.29, 1.82) is 0 Å². The Bertz CT molecular complexity index is 1650. The summed E-state index contributed by atoms with van der Waals surface area (Å²) in [6.45, 7) is 3.69. The maximum Gasteiger partial charge on any atom is 0.264 e. The molecule has 0 aliphatic heterocycles. The van der Waals surface area contributed by atoms with Crippen molar-refractivity contribution < 1.29 is 27.1 Å². The fourth-order valence-corrected chi connectivity index (χ4v) is 6.20. The first-order chi connectivity index (χ1) is 21.6. The molecule has 1 unspecified atom stereocenters. The number of anilines is 1. The van der Waals surface area contributed by atoms with Gasteiger partial charge in [-0.3, -0.25) is 13.9 Å². The lowest BCUT2D eigenvalue weighted by molar-refractivity contribution is -0.140. The molecule has 0 bridgehead atoms. The van der Waals surface area contributed by atoms with E-state index in [0.717, 1.165) is 9.87 Å². The van der Waals surface area contributed by atoms with Crippen molar-refractivity contribution in [3.63, 3.8) is 0 Å². The molecule has 0 spiro atoms. The molecule has 1 atom stereocenters. The van der Waals surface area contributed by atoms with Crippen LogP contribution in [0, 0.1) is 11.7 Å². The molecule has 0 saturated carbocycles. The van der Waals surface area contributed by atoms with E-state index in [2.05, 4.69) is 5.32 Å². The van der Waals surface area contributed by atoms with Crippen molar-refractivity contribution in [1.82, 2.24) is 10.2 Å². The number of rotatable bonds is 14. The zero-order valence-corrected chi connectivity index (χ0v) is 26.4. The van der Waals surface area contributed by atoms with Crippen molar-refractivity contribution in [2.75, 3.05) is 24.5 Å². The summed E-state index contributed by atoms with van der Waals surface area (Å²) in [5, 5.41) is 2.95. The molecule has 0 saturated heterocycles. The number of nitrogens with zero attached hydrogens (tertiary/aromatic N) is 2. The van der Waals surface area contributed by atoms with Crippen LogP contribution in [0.15, 0.2) is 114 Å². The molecule has 0 aromatic heterocycles. The normalized spacial score (nSPS) is 11.9. The molecule has 0 fully saturated rings. The third-order valence-electron chi connectivity index (χ3n) is 7.19. The number of methoxy groups -OCH3 is 1. The van der Waals surface area contributed by atoms with Crippen LogP contribution >= 0.6 is 0 Å². The molecule has 45 heavy (non-hydrogen) atoms. The van der Waals surface area contributed by atoms with Gasteiger partial charge < -0.3 is 15.0 Å². The molecular weight excluding hydrogens is 593 g/mol. The van der Waals surface area contributed by atoms with Crippen LogP contribution in [0.25, 0.3) is 0 Å². The Morgan fingerprint density at radius 1 is 0.822 bits per heavy atom. The van der Waals surface area contributed by atoms with Gasteiger partial charge in [0.25, 0.3) is 10.0 Å². The van der Waals surface area contributed by atoms with Gasteiger partial charge in [0.05, 0.1) is 17.7 Å². The highest BCUT2D eigenvalue weighted by atomic mass is 32.2. The van der Waals surface area contributed by atoms with Gasteiger partial charge in [0.15, 0.2) is 0 Å². The van der Waals surface area contributed by atoms with Crippen molar-refractivity contribution in [3.8, 4) is 5.75 Å². The lowest BCUT2D eigenvalue weighted by Gasteiger charge is -2.34. The molecule has 0 heterocycles. The number of carbonyl (C=O) groups is 2. The number of carbonyl (C=O) groups excluding carboxylic acids is 2. The standard InChI is InChI=1S/C35H38FN3O5S/c1-26(2)23-37-35(41)33(22-27-10-6-4-7-11-27)38(24-28-14-16-29(36)17-15-28)34(40)25-39(30-18-20-31(44-3)21-19-30)45(42,43)32-12-8-5-9-13-32/h4-21,26,33H,22-25H2,1-3H3,(H,37,41). The first-order valence-electron chi connectivity index (χ1n) is 14.7. The summed E-state index contributed by atoms with van der Waals surface area (Å²) in [6, 6.07) is 28.2. The van der Waals surface area contributed by atoms with Crippen LogP contribution in [0.2, 0.25) is 0 Å². The number of ether oxygens (including phenoxy) is 1. The van der Waals surface area contributed by atoms with Crippen molar-refractivity contribution in [3.05, 3.63) is 126 Å². The SMILES string of the molecule is COc1ccc(N(CC(=O)N(Cc2ccc(F)cc2)C(Cc2ccccc2)C(=O)NCC(C)C)S(=O)(=O)c2ccccc2)cc1. The molecule has 8 nitrogen and oxygen atoms in total. The lowest BCUT2D eigenvalue weighted by Crippen LogP contribution is -2.53. The Morgan fingerprint density at radius 3 is 2.00 bits per heavy atom. The zero-order chi connectivity index (χ0) is 32.4. The van der Waals surface area contributed by atoms with Crippen LogP contribution in [0.4, 0.5) is 10.1 Å². The first-order valence-corrected chi connectivity index (χ1v) is 16.1. The van der Waals surface area contributed by atoms with Gasteiger partial charge in [0, 0.05) is 19.5 Å². The Labute approximate surface area is 264 Å². The van der Waals surface area contributed by atoms with E-state index < -0.39 is 34.3 Å². The van der Waals surface area contributed by atoms with Gasteiger partial charge in [-0.1, -0.05) is 74.5 Å². The fraction of sp³-hybridized carbons (Fsp3) is 0.257. The van der Waals surface area contributed by atoms with E-state index in [1.54, 1.807) is 54.6 Å². The van der Waals surface area contributed by atoms with Crippen molar-refractivity contribution in [2.45, 2.75) is 37.8 Å². The highest BCUT2D eigenvalue weighted by molar-refractivity contribution is 7.92. The Kier molecular flexibility index (Phi) is 11.3. The zero-order valence-electron chi connectivity index (χ0n) is 25.6. The average Bonchev–Trinajstić information content (AvgIpc) is 3.05. The number of halogens is 1. The van der Waals surface area contributed by atoms with Gasteiger partial charge in [-0.15, -0.1) is 0 Å². The van der Waals surface area contributed by atoms with Crippen molar-refractivity contribution >= 4 is 27.5 Å². The minimum atomic E-state index is -4.21. The monoisotopic (exact) mass is 631 g/mol. The molecule has 0 radical (unpaired) electrons. The van der Waals surface area contributed by atoms with E-state index in [4.69, 9.17) is 4.74 Å².